The van der Waals surface area contributed by atoms with Gasteiger partial charge in [0.2, 0.25) is 0 Å². The summed E-state index contributed by atoms with van der Waals surface area (Å²) in [4.78, 5) is 2.41. The second-order valence-electron chi connectivity index (χ2n) is 3.50. The highest BCUT2D eigenvalue weighted by atomic mass is 16.5. The fraction of sp³-hybridized carbons (Fsp3) is 1.00. The largest absolute Gasteiger partial charge is 0.348 e. The molecule has 3 fully saturated rings. The van der Waals surface area contributed by atoms with Gasteiger partial charge in [-0.25, -0.2) is 0 Å². The van der Waals surface area contributed by atoms with E-state index in [1.165, 1.54) is 32.4 Å². The molecule has 0 aromatic rings. The van der Waals surface area contributed by atoms with Crippen LogP contribution in [0.3, 0.4) is 0 Å². The van der Waals surface area contributed by atoms with Crippen LogP contribution in [0.15, 0.2) is 0 Å². The summed E-state index contributed by atoms with van der Waals surface area (Å²) in [5.74, 6) is 0.913. The third-order valence-electron chi connectivity index (χ3n) is 2.88. The van der Waals surface area contributed by atoms with Crippen LogP contribution in [0.5, 0.6) is 0 Å². The first-order chi connectivity index (χ1) is 5.40. The minimum atomic E-state index is 0.340. The first-order valence-electron chi connectivity index (χ1n) is 4.46. The summed E-state index contributed by atoms with van der Waals surface area (Å²) < 4.78 is 5.42. The first kappa shape index (κ1) is 7.53. The van der Waals surface area contributed by atoms with Crippen LogP contribution in [-0.2, 0) is 4.74 Å². The molecule has 0 aromatic carbocycles. The molecule has 1 unspecified atom stereocenters. The molecular formula is C8H16N2O. The molecule has 2 N–H and O–H groups in total. The van der Waals surface area contributed by atoms with E-state index in [-0.39, 0.29) is 0 Å². The van der Waals surface area contributed by atoms with E-state index in [0.717, 1.165) is 5.92 Å². The monoisotopic (exact) mass is 156 g/mol. The molecule has 0 aliphatic carbocycles. The third-order valence-corrected chi connectivity index (χ3v) is 2.88. The van der Waals surface area contributed by atoms with Gasteiger partial charge in [0.25, 0.3) is 0 Å². The second-order valence-corrected chi connectivity index (χ2v) is 3.50. The number of nitrogens with zero attached hydrogens (tertiary/aromatic N) is 1. The smallest absolute Gasteiger partial charge is 0.112 e. The maximum absolute atomic E-state index is 5.42. The van der Waals surface area contributed by atoms with Crippen molar-refractivity contribution >= 4 is 0 Å². The van der Waals surface area contributed by atoms with Gasteiger partial charge in [0.05, 0.1) is 6.73 Å². The molecule has 3 nitrogen and oxygen atoms in total. The first-order valence-corrected chi connectivity index (χ1v) is 4.46. The quantitative estimate of drug-likeness (QED) is 0.587. The number of ether oxygens (including phenoxy) is 1. The number of piperidine rings is 3. The fourth-order valence-corrected chi connectivity index (χ4v) is 2.20. The standard InChI is InChI=1S/C8H16N2O/c9-6-11-8-5-7-1-3-10(8)4-2-7/h7-8H,1-6,9H2. The molecular weight excluding hydrogens is 140 g/mol. The molecule has 1 atom stereocenters. The summed E-state index contributed by atoms with van der Waals surface area (Å²) in [5, 5.41) is 0. The zero-order valence-corrected chi connectivity index (χ0v) is 6.83. The van der Waals surface area contributed by atoms with Gasteiger partial charge in [0.15, 0.2) is 0 Å². The Labute approximate surface area is 67.5 Å². The van der Waals surface area contributed by atoms with Crippen molar-refractivity contribution in [3.05, 3.63) is 0 Å². The number of hydrogen-bond donors (Lipinski definition) is 1. The van der Waals surface area contributed by atoms with Gasteiger partial charge in [-0.15, -0.1) is 0 Å². The molecule has 3 aliphatic heterocycles. The highest BCUT2D eigenvalue weighted by molar-refractivity contribution is 4.82. The Bertz CT molecular complexity index is 132. The van der Waals surface area contributed by atoms with Crippen LogP contribution in [0.4, 0.5) is 0 Å². The Hall–Kier alpha value is -0.120. The maximum Gasteiger partial charge on any atom is 0.112 e. The van der Waals surface area contributed by atoms with Crippen molar-refractivity contribution in [2.45, 2.75) is 25.5 Å². The van der Waals surface area contributed by atoms with Gasteiger partial charge in [-0.1, -0.05) is 0 Å². The minimum Gasteiger partial charge on any atom is -0.348 e. The van der Waals surface area contributed by atoms with Crippen LogP contribution < -0.4 is 5.73 Å². The molecule has 2 bridgehead atoms. The summed E-state index contributed by atoms with van der Waals surface area (Å²) in [6.45, 7) is 2.80. The van der Waals surface area contributed by atoms with E-state index < -0.39 is 0 Å². The van der Waals surface area contributed by atoms with E-state index in [0.29, 0.717) is 13.0 Å². The van der Waals surface area contributed by atoms with Crippen molar-refractivity contribution in [1.29, 1.82) is 0 Å². The lowest BCUT2D eigenvalue weighted by atomic mass is 9.87. The Morgan fingerprint density at radius 1 is 1.36 bits per heavy atom. The SMILES string of the molecule is NCOC1CC2CCN1CC2. The molecule has 3 aliphatic rings. The van der Waals surface area contributed by atoms with Crippen molar-refractivity contribution in [2.75, 3.05) is 19.8 Å². The molecule has 0 radical (unpaired) electrons. The van der Waals surface area contributed by atoms with Gasteiger partial charge in [0, 0.05) is 13.1 Å². The maximum atomic E-state index is 5.42. The number of fused-ring (bicyclic) bond motifs is 3. The summed E-state index contributed by atoms with van der Waals surface area (Å²) in [6.07, 6.45) is 4.28. The van der Waals surface area contributed by atoms with Crippen molar-refractivity contribution in [1.82, 2.24) is 4.90 Å². The molecule has 3 heteroatoms. The van der Waals surface area contributed by atoms with Gasteiger partial charge in [-0.3, -0.25) is 4.90 Å². The van der Waals surface area contributed by atoms with Gasteiger partial charge in [0.1, 0.15) is 6.23 Å². The third kappa shape index (κ3) is 1.41. The van der Waals surface area contributed by atoms with Gasteiger partial charge in [-0.05, 0) is 25.2 Å². The predicted octanol–water partition coefficient (Wildman–Crippen LogP) is 0.361. The van der Waals surface area contributed by atoms with Crippen LogP contribution in [0.1, 0.15) is 19.3 Å². The predicted molar refractivity (Wildman–Crippen MR) is 42.8 cm³/mol. The van der Waals surface area contributed by atoms with Crippen molar-refractivity contribution < 1.29 is 4.74 Å². The minimum absolute atomic E-state index is 0.340. The van der Waals surface area contributed by atoms with Crippen LogP contribution in [0.2, 0.25) is 0 Å². The topological polar surface area (TPSA) is 38.5 Å². The van der Waals surface area contributed by atoms with Crippen molar-refractivity contribution in [3.8, 4) is 0 Å². The molecule has 3 rings (SSSR count). The molecule has 64 valence electrons. The molecule has 3 heterocycles. The lowest BCUT2D eigenvalue weighted by Crippen LogP contribution is -2.50. The van der Waals surface area contributed by atoms with Gasteiger partial charge < -0.3 is 10.5 Å². The zero-order chi connectivity index (χ0) is 7.68. The zero-order valence-electron chi connectivity index (χ0n) is 6.83. The van der Waals surface area contributed by atoms with Crippen LogP contribution >= 0.6 is 0 Å². The van der Waals surface area contributed by atoms with E-state index in [4.69, 9.17) is 10.5 Å². The molecule has 0 saturated carbocycles. The Kier molecular flexibility index (Phi) is 2.11. The van der Waals surface area contributed by atoms with E-state index in [9.17, 15) is 0 Å². The Morgan fingerprint density at radius 2 is 2.09 bits per heavy atom. The number of rotatable bonds is 2. The van der Waals surface area contributed by atoms with Crippen LogP contribution in [0, 0.1) is 5.92 Å². The van der Waals surface area contributed by atoms with Crippen molar-refractivity contribution in [3.63, 3.8) is 0 Å². The highest BCUT2D eigenvalue weighted by Crippen LogP contribution is 2.31. The molecule has 3 saturated heterocycles. The molecule has 11 heavy (non-hydrogen) atoms. The van der Waals surface area contributed by atoms with Crippen molar-refractivity contribution in [2.24, 2.45) is 11.7 Å². The summed E-state index contributed by atoms with van der Waals surface area (Å²) in [6, 6.07) is 0. The average molecular weight is 156 g/mol. The molecule has 0 aromatic heterocycles. The summed E-state index contributed by atoms with van der Waals surface area (Å²) in [7, 11) is 0. The second kappa shape index (κ2) is 3.09. The van der Waals surface area contributed by atoms with E-state index in [1.807, 2.05) is 0 Å². The normalized spacial score (nSPS) is 42.8. The Balaban J connectivity index is 1.92. The van der Waals surface area contributed by atoms with Crippen LogP contribution in [-0.4, -0.2) is 30.9 Å². The Morgan fingerprint density at radius 3 is 2.55 bits per heavy atom. The van der Waals surface area contributed by atoms with Gasteiger partial charge in [-0.2, -0.15) is 0 Å². The lowest BCUT2D eigenvalue weighted by Gasteiger charge is -2.44. The fourth-order valence-electron chi connectivity index (χ4n) is 2.20. The van der Waals surface area contributed by atoms with E-state index >= 15 is 0 Å². The number of hydrogen-bond acceptors (Lipinski definition) is 3. The van der Waals surface area contributed by atoms with E-state index in [1.54, 1.807) is 0 Å². The lowest BCUT2D eigenvalue weighted by molar-refractivity contribution is -0.117. The highest BCUT2D eigenvalue weighted by Gasteiger charge is 2.33. The molecule has 0 spiro atoms. The summed E-state index contributed by atoms with van der Waals surface area (Å²) >= 11 is 0. The summed E-state index contributed by atoms with van der Waals surface area (Å²) in [5.41, 5.74) is 5.34. The number of nitrogens with two attached hydrogens (primary N) is 1. The average Bonchev–Trinajstić information content (AvgIpc) is 2.07. The van der Waals surface area contributed by atoms with Gasteiger partial charge >= 0.3 is 0 Å². The molecule has 0 amide bonds. The van der Waals surface area contributed by atoms with E-state index in [2.05, 4.69) is 4.90 Å². The van der Waals surface area contributed by atoms with Crippen LogP contribution in [0.25, 0.3) is 0 Å².